The summed E-state index contributed by atoms with van der Waals surface area (Å²) in [4.78, 5) is 28.5. The third kappa shape index (κ3) is 6.25. The van der Waals surface area contributed by atoms with Crippen molar-refractivity contribution in [2.75, 3.05) is 24.5 Å². The number of anilines is 1. The first-order valence-electron chi connectivity index (χ1n) is 8.99. The highest BCUT2D eigenvalue weighted by molar-refractivity contribution is 6.32. The summed E-state index contributed by atoms with van der Waals surface area (Å²) in [7, 11) is 0. The minimum atomic E-state index is -4.47. The Morgan fingerprint density at radius 3 is 2.36 bits per heavy atom. The van der Waals surface area contributed by atoms with Crippen molar-refractivity contribution in [2.24, 2.45) is 5.92 Å². The number of rotatable bonds is 4. The SMILES string of the molecule is CC(C)(C)NC(=O)CNC(=O)C1CCN(c2[nH+]cc(C(F)(F)F)cc2Cl)CC1. The second kappa shape index (κ2) is 8.55. The number of nitrogens with zero attached hydrogens (tertiary/aromatic N) is 1. The van der Waals surface area contributed by atoms with Crippen molar-refractivity contribution in [1.29, 1.82) is 0 Å². The van der Waals surface area contributed by atoms with Gasteiger partial charge in [-0.2, -0.15) is 13.2 Å². The van der Waals surface area contributed by atoms with Crippen molar-refractivity contribution in [2.45, 2.75) is 45.3 Å². The van der Waals surface area contributed by atoms with Crippen LogP contribution in [0.5, 0.6) is 0 Å². The third-order valence-electron chi connectivity index (χ3n) is 4.32. The van der Waals surface area contributed by atoms with E-state index in [4.69, 9.17) is 11.6 Å². The highest BCUT2D eigenvalue weighted by Gasteiger charge is 2.35. The molecule has 1 aliphatic rings. The van der Waals surface area contributed by atoms with E-state index in [2.05, 4.69) is 15.6 Å². The molecule has 1 saturated heterocycles. The monoisotopic (exact) mass is 421 g/mol. The number of alkyl halides is 3. The van der Waals surface area contributed by atoms with E-state index in [0.29, 0.717) is 31.7 Å². The average Bonchev–Trinajstić information content (AvgIpc) is 2.57. The third-order valence-corrected chi connectivity index (χ3v) is 4.61. The molecule has 0 bridgehead atoms. The maximum absolute atomic E-state index is 12.7. The minimum Gasteiger partial charge on any atom is -0.350 e. The molecule has 1 fully saturated rings. The van der Waals surface area contributed by atoms with Crippen molar-refractivity contribution in [3.05, 3.63) is 22.8 Å². The van der Waals surface area contributed by atoms with E-state index in [1.165, 1.54) is 0 Å². The van der Waals surface area contributed by atoms with Gasteiger partial charge in [0.15, 0.2) is 0 Å². The number of halogens is 4. The number of amides is 2. The Kier molecular flexibility index (Phi) is 6.80. The zero-order chi connectivity index (χ0) is 21.1. The summed E-state index contributed by atoms with van der Waals surface area (Å²) in [5.74, 6) is -0.319. The van der Waals surface area contributed by atoms with Crippen molar-refractivity contribution in [3.8, 4) is 0 Å². The number of hydrogen-bond donors (Lipinski definition) is 2. The van der Waals surface area contributed by atoms with Crippen LogP contribution >= 0.6 is 11.6 Å². The number of nitrogens with one attached hydrogen (secondary N) is 3. The zero-order valence-corrected chi connectivity index (χ0v) is 16.8. The van der Waals surface area contributed by atoms with Crippen LogP contribution in [-0.4, -0.2) is 37.0 Å². The van der Waals surface area contributed by atoms with E-state index in [1.54, 1.807) is 0 Å². The van der Waals surface area contributed by atoms with Crippen LogP contribution in [0.4, 0.5) is 19.0 Å². The van der Waals surface area contributed by atoms with Crippen LogP contribution in [0.25, 0.3) is 0 Å². The lowest BCUT2D eigenvalue weighted by atomic mass is 9.96. The fourth-order valence-electron chi connectivity index (χ4n) is 3.01. The number of piperidine rings is 1. The highest BCUT2D eigenvalue weighted by Crippen LogP contribution is 2.33. The summed E-state index contributed by atoms with van der Waals surface area (Å²) in [6.07, 6.45) is -2.56. The molecule has 0 aromatic carbocycles. The molecule has 2 heterocycles. The molecule has 0 radical (unpaired) electrons. The van der Waals surface area contributed by atoms with Gasteiger partial charge in [0, 0.05) is 11.5 Å². The summed E-state index contributed by atoms with van der Waals surface area (Å²) in [6, 6.07) is 0.889. The summed E-state index contributed by atoms with van der Waals surface area (Å²) >= 11 is 6.01. The maximum Gasteiger partial charge on any atom is 0.419 e. The average molecular weight is 422 g/mol. The standard InChI is InChI=1S/C18H24ClF3N4O2/c1-17(2,3)25-14(27)10-24-16(28)11-4-6-26(7-5-11)15-13(19)8-12(9-23-15)18(20,21)22/h8-9,11H,4-7,10H2,1-3H3,(H,24,28)(H,25,27)/p+1. The highest BCUT2D eigenvalue weighted by atomic mass is 35.5. The number of hydrogen-bond acceptors (Lipinski definition) is 3. The Hall–Kier alpha value is -2.03. The van der Waals surface area contributed by atoms with Crippen LogP contribution in [0.1, 0.15) is 39.2 Å². The van der Waals surface area contributed by atoms with E-state index in [0.717, 1.165) is 12.3 Å². The molecule has 28 heavy (non-hydrogen) atoms. The van der Waals surface area contributed by atoms with E-state index < -0.39 is 11.7 Å². The summed E-state index contributed by atoms with van der Waals surface area (Å²) in [5, 5.41) is 5.39. The number of aromatic amines is 1. The largest absolute Gasteiger partial charge is 0.419 e. The second-order valence-corrected chi connectivity index (χ2v) is 8.27. The molecule has 1 aromatic heterocycles. The fraction of sp³-hybridized carbons (Fsp3) is 0.611. The van der Waals surface area contributed by atoms with Crippen molar-refractivity contribution in [3.63, 3.8) is 0 Å². The van der Waals surface area contributed by atoms with E-state index in [9.17, 15) is 22.8 Å². The van der Waals surface area contributed by atoms with Crippen LogP contribution < -0.4 is 20.5 Å². The molecule has 2 rings (SSSR count). The van der Waals surface area contributed by atoms with Crippen LogP contribution in [0.2, 0.25) is 5.02 Å². The predicted octanol–water partition coefficient (Wildman–Crippen LogP) is 2.42. The van der Waals surface area contributed by atoms with Crippen molar-refractivity contribution in [1.82, 2.24) is 10.6 Å². The van der Waals surface area contributed by atoms with Gasteiger partial charge in [-0.25, -0.2) is 4.98 Å². The van der Waals surface area contributed by atoms with Crippen molar-refractivity contribution < 1.29 is 27.7 Å². The van der Waals surface area contributed by atoms with Gasteiger partial charge < -0.3 is 10.6 Å². The molecule has 2 amide bonds. The quantitative estimate of drug-likeness (QED) is 0.784. The Morgan fingerprint density at radius 1 is 1.25 bits per heavy atom. The van der Waals surface area contributed by atoms with Gasteiger partial charge in [0.05, 0.1) is 25.2 Å². The molecular formula is C18H25ClF3N4O2+. The summed E-state index contributed by atoms with van der Waals surface area (Å²) < 4.78 is 38.2. The summed E-state index contributed by atoms with van der Waals surface area (Å²) in [5.41, 5.74) is -1.21. The molecule has 1 aromatic rings. The summed E-state index contributed by atoms with van der Waals surface area (Å²) in [6.45, 7) is 6.40. The van der Waals surface area contributed by atoms with Gasteiger partial charge in [-0.05, 0) is 39.7 Å². The molecule has 6 nitrogen and oxygen atoms in total. The van der Waals surface area contributed by atoms with Crippen LogP contribution in [0.3, 0.4) is 0 Å². The molecule has 1 aliphatic heterocycles. The predicted molar refractivity (Wildman–Crippen MR) is 98.9 cm³/mol. The fourth-order valence-corrected chi connectivity index (χ4v) is 3.30. The van der Waals surface area contributed by atoms with Gasteiger partial charge >= 0.3 is 6.18 Å². The number of H-pyrrole nitrogens is 1. The lowest BCUT2D eigenvalue weighted by molar-refractivity contribution is -0.367. The Balaban J connectivity index is 1.87. The molecular weight excluding hydrogens is 397 g/mol. The lowest BCUT2D eigenvalue weighted by Gasteiger charge is -2.27. The first-order chi connectivity index (χ1) is 12.9. The van der Waals surface area contributed by atoms with Crippen molar-refractivity contribution >= 4 is 29.2 Å². The van der Waals surface area contributed by atoms with E-state index >= 15 is 0 Å². The van der Waals surface area contributed by atoms with E-state index in [-0.39, 0.29) is 34.8 Å². The number of carbonyl (C=O) groups excluding carboxylic acids is 2. The zero-order valence-electron chi connectivity index (χ0n) is 16.0. The lowest BCUT2D eigenvalue weighted by Crippen LogP contribution is -2.48. The van der Waals surface area contributed by atoms with Gasteiger partial charge in [0.2, 0.25) is 11.8 Å². The first-order valence-corrected chi connectivity index (χ1v) is 9.37. The molecule has 156 valence electrons. The number of pyridine rings is 1. The normalized spacial score (nSPS) is 16.0. The molecule has 3 N–H and O–H groups in total. The molecule has 0 atom stereocenters. The van der Waals surface area contributed by atoms with Crippen LogP contribution in [0, 0.1) is 5.92 Å². The van der Waals surface area contributed by atoms with Crippen LogP contribution in [-0.2, 0) is 15.8 Å². The van der Waals surface area contributed by atoms with Gasteiger partial charge in [0.25, 0.3) is 5.82 Å². The number of aromatic nitrogens is 1. The molecule has 0 spiro atoms. The molecule has 0 unspecified atom stereocenters. The van der Waals surface area contributed by atoms with Gasteiger partial charge in [0.1, 0.15) is 11.2 Å². The van der Waals surface area contributed by atoms with Gasteiger partial charge in [-0.3, -0.25) is 14.5 Å². The smallest absolute Gasteiger partial charge is 0.350 e. The Labute approximate surface area is 166 Å². The number of carbonyl (C=O) groups is 2. The van der Waals surface area contributed by atoms with Gasteiger partial charge in [-0.15, -0.1) is 0 Å². The van der Waals surface area contributed by atoms with Crippen LogP contribution in [0.15, 0.2) is 12.3 Å². The Bertz CT molecular complexity index is 727. The molecule has 0 aliphatic carbocycles. The van der Waals surface area contributed by atoms with Gasteiger partial charge in [-0.1, -0.05) is 11.6 Å². The molecule has 0 saturated carbocycles. The maximum atomic E-state index is 12.7. The second-order valence-electron chi connectivity index (χ2n) is 7.86. The molecule has 10 heteroatoms. The first kappa shape index (κ1) is 22.3. The topological polar surface area (TPSA) is 75.6 Å². The minimum absolute atomic E-state index is 0.0171. The Morgan fingerprint density at radius 2 is 1.86 bits per heavy atom. The van der Waals surface area contributed by atoms with E-state index in [1.807, 2.05) is 25.7 Å².